The van der Waals surface area contributed by atoms with Crippen LogP contribution in [0.3, 0.4) is 0 Å². The Morgan fingerprint density at radius 2 is 1.35 bits per heavy atom. The van der Waals surface area contributed by atoms with Crippen molar-refractivity contribution in [2.45, 2.75) is 117 Å². The van der Waals surface area contributed by atoms with Crippen molar-refractivity contribution in [2.75, 3.05) is 27.7 Å². The molecule has 0 rings (SSSR count). The Kier molecular flexibility index (Phi) is 25.1. The standard InChI is InChI=1S/2C12H25NO2.ClH/c1-5-6-7-8-11(2)13(3)10-9-12(14)15-4;1-5-6-7-8-10(2)13(4)11(3)9-12(14)15;/h11H,5-10H2,1-4H3;10-11H,5-9H2,1-4H3,(H,14,15);1H/t11-;10?,11-;/m11./s1. The van der Waals surface area contributed by atoms with Gasteiger partial charge >= 0.3 is 11.9 Å². The van der Waals surface area contributed by atoms with Crippen LogP contribution < -0.4 is 0 Å². The smallest absolute Gasteiger partial charge is 0.306 e. The van der Waals surface area contributed by atoms with Crippen molar-refractivity contribution in [3.8, 4) is 0 Å². The molecule has 0 aromatic heterocycles. The third kappa shape index (κ3) is 20.8. The first-order chi connectivity index (χ1) is 14.1. The number of ether oxygens (including phenoxy) is 1. The zero-order chi connectivity index (χ0) is 23.5. The fourth-order valence-corrected chi connectivity index (χ4v) is 3.22. The lowest BCUT2D eigenvalue weighted by molar-refractivity contribution is -0.141. The summed E-state index contributed by atoms with van der Waals surface area (Å²) < 4.78 is 4.61. The predicted molar refractivity (Wildman–Crippen MR) is 133 cm³/mol. The number of hydrogen-bond donors (Lipinski definition) is 1. The minimum absolute atomic E-state index is 0. The number of rotatable bonds is 16. The Bertz CT molecular complexity index is 438. The molecule has 7 heteroatoms. The molecule has 0 amide bonds. The highest BCUT2D eigenvalue weighted by Gasteiger charge is 2.17. The highest BCUT2D eigenvalue weighted by Crippen LogP contribution is 2.12. The van der Waals surface area contributed by atoms with Crippen molar-refractivity contribution in [3.05, 3.63) is 0 Å². The number of carboxylic acids is 1. The third-order valence-electron chi connectivity index (χ3n) is 5.96. The molecule has 31 heavy (non-hydrogen) atoms. The first kappa shape index (κ1) is 34.8. The quantitative estimate of drug-likeness (QED) is 0.235. The van der Waals surface area contributed by atoms with Gasteiger partial charge in [-0.3, -0.25) is 9.59 Å². The topological polar surface area (TPSA) is 70.1 Å². The van der Waals surface area contributed by atoms with Crippen LogP contribution in [0.5, 0.6) is 0 Å². The zero-order valence-electron chi connectivity index (χ0n) is 21.5. The summed E-state index contributed by atoms with van der Waals surface area (Å²) in [6, 6.07) is 1.16. The van der Waals surface area contributed by atoms with Crippen molar-refractivity contribution in [1.82, 2.24) is 9.80 Å². The summed E-state index contributed by atoms with van der Waals surface area (Å²) in [4.78, 5) is 25.9. The van der Waals surface area contributed by atoms with Gasteiger partial charge in [0.15, 0.2) is 0 Å². The first-order valence-electron chi connectivity index (χ1n) is 11.8. The molecular formula is C24H51ClN2O4. The fraction of sp³-hybridized carbons (Fsp3) is 0.917. The van der Waals surface area contributed by atoms with Crippen LogP contribution >= 0.6 is 12.4 Å². The van der Waals surface area contributed by atoms with Gasteiger partial charge in [0.2, 0.25) is 0 Å². The van der Waals surface area contributed by atoms with Gasteiger partial charge in [0, 0.05) is 24.7 Å². The second-order valence-electron chi connectivity index (χ2n) is 8.61. The van der Waals surface area contributed by atoms with Crippen LogP contribution in [0.1, 0.15) is 98.8 Å². The Balaban J connectivity index is -0.000000490. The molecule has 1 N–H and O–H groups in total. The normalized spacial score (nSPS) is 13.6. The number of halogens is 1. The molecule has 0 heterocycles. The molecule has 0 aliphatic heterocycles. The number of carbonyl (C=O) groups is 2. The number of aliphatic carboxylic acids is 1. The first-order valence-corrected chi connectivity index (χ1v) is 11.8. The second kappa shape index (κ2) is 22.3. The summed E-state index contributed by atoms with van der Waals surface area (Å²) in [5.41, 5.74) is 0. The van der Waals surface area contributed by atoms with Crippen molar-refractivity contribution >= 4 is 24.3 Å². The van der Waals surface area contributed by atoms with Crippen LogP contribution in [0.2, 0.25) is 0 Å². The molecule has 3 atom stereocenters. The van der Waals surface area contributed by atoms with Crippen LogP contribution in [0, 0.1) is 0 Å². The van der Waals surface area contributed by atoms with E-state index in [0.717, 1.165) is 13.0 Å². The molecule has 188 valence electrons. The van der Waals surface area contributed by atoms with Crippen molar-refractivity contribution in [2.24, 2.45) is 0 Å². The van der Waals surface area contributed by atoms with Gasteiger partial charge in [0.25, 0.3) is 0 Å². The summed E-state index contributed by atoms with van der Waals surface area (Å²) in [7, 11) is 5.52. The highest BCUT2D eigenvalue weighted by molar-refractivity contribution is 5.85. The largest absolute Gasteiger partial charge is 0.481 e. The SMILES string of the molecule is CCCCCC(C)N(C)[C@H](C)CC(=O)O.CCCCC[C@@H](C)N(C)CCC(=O)OC.Cl. The molecule has 0 aliphatic rings. The predicted octanol–water partition coefficient (Wildman–Crippen LogP) is 5.62. The lowest BCUT2D eigenvalue weighted by atomic mass is 10.1. The van der Waals surface area contributed by atoms with Gasteiger partial charge in [-0.05, 0) is 47.7 Å². The summed E-state index contributed by atoms with van der Waals surface area (Å²) in [6.07, 6.45) is 10.7. The monoisotopic (exact) mass is 466 g/mol. The van der Waals surface area contributed by atoms with Gasteiger partial charge in [-0.15, -0.1) is 12.4 Å². The van der Waals surface area contributed by atoms with Crippen molar-refractivity contribution < 1.29 is 19.4 Å². The van der Waals surface area contributed by atoms with E-state index in [2.05, 4.69) is 49.3 Å². The molecule has 0 bridgehead atoms. The van der Waals surface area contributed by atoms with Crippen LogP contribution in [-0.4, -0.2) is 72.7 Å². The van der Waals surface area contributed by atoms with Gasteiger partial charge in [-0.25, -0.2) is 0 Å². The van der Waals surface area contributed by atoms with E-state index in [1.54, 1.807) is 0 Å². The summed E-state index contributed by atoms with van der Waals surface area (Å²) in [6.45, 7) is 11.6. The number of unbranched alkanes of at least 4 members (excludes halogenated alkanes) is 4. The van der Waals surface area contributed by atoms with E-state index in [0.29, 0.717) is 18.5 Å². The average Bonchev–Trinajstić information content (AvgIpc) is 2.71. The molecule has 1 unspecified atom stereocenters. The molecule has 0 aromatic rings. The number of hydrogen-bond acceptors (Lipinski definition) is 5. The number of carbonyl (C=O) groups excluding carboxylic acids is 1. The Morgan fingerprint density at radius 3 is 1.77 bits per heavy atom. The molecule has 0 aromatic carbocycles. The zero-order valence-corrected chi connectivity index (χ0v) is 22.3. The minimum atomic E-state index is -0.713. The number of nitrogens with zero attached hydrogens (tertiary/aromatic N) is 2. The maximum Gasteiger partial charge on any atom is 0.306 e. The molecule has 6 nitrogen and oxygen atoms in total. The Hall–Kier alpha value is -0.850. The maximum atomic E-state index is 11.0. The van der Waals surface area contributed by atoms with Gasteiger partial charge < -0.3 is 19.6 Å². The minimum Gasteiger partial charge on any atom is -0.481 e. The van der Waals surface area contributed by atoms with Gasteiger partial charge in [0.05, 0.1) is 20.0 Å². The van der Waals surface area contributed by atoms with Crippen molar-refractivity contribution in [3.63, 3.8) is 0 Å². The highest BCUT2D eigenvalue weighted by atomic mass is 35.5. The molecule has 0 saturated heterocycles. The average molecular weight is 467 g/mol. The van der Waals surface area contributed by atoms with Crippen LogP contribution in [0.4, 0.5) is 0 Å². The van der Waals surface area contributed by atoms with Crippen LogP contribution in [0.15, 0.2) is 0 Å². The lowest BCUT2D eigenvalue weighted by Crippen LogP contribution is -2.38. The van der Waals surface area contributed by atoms with Crippen LogP contribution in [-0.2, 0) is 14.3 Å². The maximum absolute atomic E-state index is 11.0. The molecule has 0 saturated carbocycles. The Morgan fingerprint density at radius 1 is 0.871 bits per heavy atom. The van der Waals surface area contributed by atoms with Gasteiger partial charge in [0.1, 0.15) is 0 Å². The van der Waals surface area contributed by atoms with E-state index in [9.17, 15) is 9.59 Å². The summed E-state index contributed by atoms with van der Waals surface area (Å²) in [5.74, 6) is -0.835. The second-order valence-corrected chi connectivity index (χ2v) is 8.61. The van der Waals surface area contributed by atoms with E-state index in [4.69, 9.17) is 5.11 Å². The number of methoxy groups -OCH3 is 1. The van der Waals surface area contributed by atoms with Gasteiger partial charge in [-0.1, -0.05) is 52.4 Å². The molecule has 0 aliphatic carbocycles. The van der Waals surface area contributed by atoms with Crippen molar-refractivity contribution in [1.29, 1.82) is 0 Å². The summed E-state index contributed by atoms with van der Waals surface area (Å²) in [5, 5.41) is 8.70. The molecular weight excluding hydrogens is 416 g/mol. The number of carboxylic acid groups (broad SMARTS) is 1. The van der Waals surface area contributed by atoms with E-state index in [1.807, 2.05) is 14.0 Å². The van der Waals surface area contributed by atoms with E-state index >= 15 is 0 Å². The van der Waals surface area contributed by atoms with Crippen LogP contribution in [0.25, 0.3) is 0 Å². The molecule has 0 spiro atoms. The third-order valence-corrected chi connectivity index (χ3v) is 5.96. The summed E-state index contributed by atoms with van der Waals surface area (Å²) >= 11 is 0. The van der Waals surface area contributed by atoms with E-state index in [-0.39, 0.29) is 30.8 Å². The molecule has 0 radical (unpaired) electrons. The number of esters is 1. The molecule has 0 fully saturated rings. The van der Waals surface area contributed by atoms with E-state index in [1.165, 1.54) is 52.1 Å². The lowest BCUT2D eigenvalue weighted by Gasteiger charge is -2.30. The van der Waals surface area contributed by atoms with E-state index < -0.39 is 5.97 Å². The van der Waals surface area contributed by atoms with Gasteiger partial charge in [-0.2, -0.15) is 0 Å². The Labute approximate surface area is 198 Å². The fourth-order valence-electron chi connectivity index (χ4n) is 3.22.